The lowest BCUT2D eigenvalue weighted by Gasteiger charge is -2.23. The molecule has 1 atom stereocenters. The molecule has 1 aliphatic rings. The molecule has 1 aromatic carbocycles. The topological polar surface area (TPSA) is 46.6 Å². The number of amides is 1. The van der Waals surface area contributed by atoms with E-state index in [-0.39, 0.29) is 18.4 Å². The zero-order valence-electron chi connectivity index (χ0n) is 9.76. The second-order valence-electron chi connectivity index (χ2n) is 4.00. The van der Waals surface area contributed by atoms with Gasteiger partial charge in [-0.2, -0.15) is 0 Å². The Hall–Kier alpha value is -1.84. The molecule has 90 valence electrons. The van der Waals surface area contributed by atoms with E-state index in [2.05, 4.69) is 0 Å². The smallest absolute Gasteiger partial charge is 0.410 e. The van der Waals surface area contributed by atoms with Gasteiger partial charge in [0.05, 0.1) is 19.2 Å². The molecule has 4 nitrogen and oxygen atoms in total. The maximum atomic E-state index is 11.7. The number of hydrogen-bond donors (Lipinski definition) is 0. The summed E-state index contributed by atoms with van der Waals surface area (Å²) in [6, 6.07) is 9.39. The van der Waals surface area contributed by atoms with Crippen LogP contribution in [0.3, 0.4) is 0 Å². The normalized spacial score (nSPS) is 19.5. The Balaban J connectivity index is 2.20. The third kappa shape index (κ3) is 2.46. The molecule has 1 saturated heterocycles. The van der Waals surface area contributed by atoms with Crippen LogP contribution in [0, 0.1) is 0 Å². The summed E-state index contributed by atoms with van der Waals surface area (Å²) in [5.41, 5.74) is 0.978. The summed E-state index contributed by atoms with van der Waals surface area (Å²) >= 11 is 0. The predicted molar refractivity (Wildman–Crippen MR) is 62.5 cm³/mol. The van der Waals surface area contributed by atoms with Gasteiger partial charge in [-0.05, 0) is 12.5 Å². The molecule has 17 heavy (non-hydrogen) atoms. The average molecular weight is 233 g/mol. The molecular weight excluding hydrogens is 218 g/mol. The molecule has 0 aliphatic carbocycles. The first-order valence-electron chi connectivity index (χ1n) is 5.72. The highest BCUT2D eigenvalue weighted by molar-refractivity contribution is 5.88. The van der Waals surface area contributed by atoms with Crippen molar-refractivity contribution in [1.29, 1.82) is 0 Å². The zero-order chi connectivity index (χ0) is 12.3. The van der Waals surface area contributed by atoms with Gasteiger partial charge in [0.15, 0.2) is 5.78 Å². The van der Waals surface area contributed by atoms with Gasteiger partial charge in [0.25, 0.3) is 0 Å². The Labute approximate surface area is 100 Å². The van der Waals surface area contributed by atoms with Crippen LogP contribution in [0.15, 0.2) is 30.3 Å². The van der Waals surface area contributed by atoms with E-state index in [0.717, 1.165) is 5.56 Å². The number of ketones is 1. The van der Waals surface area contributed by atoms with Gasteiger partial charge in [0.2, 0.25) is 0 Å². The molecule has 0 spiro atoms. The van der Waals surface area contributed by atoms with E-state index < -0.39 is 6.09 Å². The van der Waals surface area contributed by atoms with Crippen LogP contribution >= 0.6 is 0 Å². The quantitative estimate of drug-likeness (QED) is 0.786. The average Bonchev–Trinajstić information content (AvgIpc) is 2.73. The van der Waals surface area contributed by atoms with Crippen molar-refractivity contribution in [1.82, 2.24) is 4.90 Å². The molecule has 1 aliphatic heterocycles. The molecule has 0 bridgehead atoms. The van der Waals surface area contributed by atoms with Crippen molar-refractivity contribution >= 4 is 11.9 Å². The molecule has 1 aromatic rings. The second kappa shape index (κ2) is 4.99. The molecule has 0 radical (unpaired) electrons. The summed E-state index contributed by atoms with van der Waals surface area (Å²) in [7, 11) is 0. The van der Waals surface area contributed by atoms with Crippen molar-refractivity contribution < 1.29 is 14.3 Å². The van der Waals surface area contributed by atoms with Crippen LogP contribution in [0.25, 0.3) is 0 Å². The van der Waals surface area contributed by atoms with Crippen molar-refractivity contribution in [2.24, 2.45) is 0 Å². The van der Waals surface area contributed by atoms with E-state index in [1.54, 1.807) is 6.92 Å². The number of Topliss-reactive ketones (excluding diaryl/α,β-unsaturated/α-hetero) is 1. The van der Waals surface area contributed by atoms with Crippen molar-refractivity contribution in [2.75, 3.05) is 13.2 Å². The van der Waals surface area contributed by atoms with E-state index in [9.17, 15) is 9.59 Å². The molecule has 1 heterocycles. The Kier molecular flexibility index (Phi) is 3.42. The second-order valence-corrected chi connectivity index (χ2v) is 4.00. The third-order valence-corrected chi connectivity index (χ3v) is 2.83. The fourth-order valence-electron chi connectivity index (χ4n) is 2.06. The number of benzene rings is 1. The van der Waals surface area contributed by atoms with Crippen LogP contribution in [0.1, 0.15) is 24.9 Å². The molecule has 0 aromatic heterocycles. The molecule has 0 N–H and O–H groups in total. The van der Waals surface area contributed by atoms with Crippen LogP contribution in [0.5, 0.6) is 0 Å². The maximum absolute atomic E-state index is 11.7. The van der Waals surface area contributed by atoms with Crippen molar-refractivity contribution in [3.05, 3.63) is 35.9 Å². The fourth-order valence-corrected chi connectivity index (χ4v) is 2.06. The number of likely N-dealkylation sites (tertiary alicyclic amines) is 1. The molecule has 1 unspecified atom stereocenters. The Bertz CT molecular complexity index is 416. The van der Waals surface area contributed by atoms with Gasteiger partial charge in [0.1, 0.15) is 0 Å². The van der Waals surface area contributed by atoms with Crippen molar-refractivity contribution in [3.8, 4) is 0 Å². The minimum atomic E-state index is -0.410. The van der Waals surface area contributed by atoms with Gasteiger partial charge in [-0.25, -0.2) is 4.79 Å². The van der Waals surface area contributed by atoms with E-state index in [1.807, 2.05) is 30.3 Å². The van der Waals surface area contributed by atoms with Crippen molar-refractivity contribution in [2.45, 2.75) is 19.4 Å². The summed E-state index contributed by atoms with van der Waals surface area (Å²) in [5, 5.41) is 0. The van der Waals surface area contributed by atoms with Gasteiger partial charge < -0.3 is 4.74 Å². The monoisotopic (exact) mass is 233 g/mol. The number of nitrogens with zero attached hydrogens (tertiary/aromatic N) is 1. The van der Waals surface area contributed by atoms with Gasteiger partial charge in [-0.15, -0.1) is 0 Å². The Morgan fingerprint density at radius 2 is 2.12 bits per heavy atom. The number of carbonyl (C=O) groups excluding carboxylic acids is 2. The maximum Gasteiger partial charge on any atom is 0.410 e. The summed E-state index contributed by atoms with van der Waals surface area (Å²) < 4.78 is 4.96. The predicted octanol–water partition coefficient (Wildman–Crippen LogP) is 2.16. The minimum absolute atomic E-state index is 0.0758. The summed E-state index contributed by atoms with van der Waals surface area (Å²) in [5.74, 6) is 0.0758. The summed E-state index contributed by atoms with van der Waals surface area (Å²) in [6.45, 7) is 2.23. The molecular formula is C13H15NO3. The lowest BCUT2D eigenvalue weighted by atomic mass is 10.0. The highest BCUT2D eigenvalue weighted by Crippen LogP contribution is 2.30. The highest BCUT2D eigenvalue weighted by atomic mass is 16.6. The van der Waals surface area contributed by atoms with E-state index >= 15 is 0 Å². The van der Waals surface area contributed by atoms with Crippen LogP contribution in [-0.2, 0) is 9.53 Å². The Morgan fingerprint density at radius 3 is 2.76 bits per heavy atom. The lowest BCUT2D eigenvalue weighted by Crippen LogP contribution is -2.31. The molecule has 4 heteroatoms. The van der Waals surface area contributed by atoms with Crippen molar-refractivity contribution in [3.63, 3.8) is 0 Å². The molecule has 1 amide bonds. The van der Waals surface area contributed by atoms with Crippen LogP contribution in [0.2, 0.25) is 0 Å². The number of ether oxygens (including phenoxy) is 1. The van der Waals surface area contributed by atoms with E-state index in [0.29, 0.717) is 13.0 Å². The fraction of sp³-hybridized carbons (Fsp3) is 0.385. The van der Waals surface area contributed by atoms with Gasteiger partial charge in [-0.3, -0.25) is 9.69 Å². The third-order valence-electron chi connectivity index (χ3n) is 2.83. The lowest BCUT2D eigenvalue weighted by molar-refractivity contribution is -0.116. The minimum Gasteiger partial charge on any atom is -0.450 e. The Morgan fingerprint density at radius 1 is 1.41 bits per heavy atom. The molecule has 0 saturated carbocycles. The molecule has 2 rings (SSSR count). The zero-order valence-corrected chi connectivity index (χ0v) is 9.76. The largest absolute Gasteiger partial charge is 0.450 e. The SMILES string of the molecule is CCOC(=O)N1CC(=O)CC1c1ccccc1. The first-order valence-corrected chi connectivity index (χ1v) is 5.72. The first kappa shape index (κ1) is 11.6. The van der Waals surface area contributed by atoms with E-state index in [1.165, 1.54) is 4.90 Å². The van der Waals surface area contributed by atoms with Crippen LogP contribution in [0.4, 0.5) is 4.79 Å². The molecule has 1 fully saturated rings. The van der Waals surface area contributed by atoms with Gasteiger partial charge in [0, 0.05) is 6.42 Å². The van der Waals surface area contributed by atoms with Gasteiger partial charge in [-0.1, -0.05) is 30.3 Å². The van der Waals surface area contributed by atoms with Crippen LogP contribution < -0.4 is 0 Å². The standard InChI is InChI=1S/C13H15NO3/c1-2-17-13(16)14-9-11(15)8-12(14)10-6-4-3-5-7-10/h3-7,12H,2,8-9H2,1H3. The number of carbonyl (C=O) groups is 2. The summed E-state index contributed by atoms with van der Waals surface area (Å²) in [6.07, 6.45) is -0.0322. The number of rotatable bonds is 2. The van der Waals surface area contributed by atoms with Gasteiger partial charge >= 0.3 is 6.09 Å². The number of hydrogen-bond acceptors (Lipinski definition) is 3. The van der Waals surface area contributed by atoms with Crippen LogP contribution in [-0.4, -0.2) is 29.9 Å². The van der Waals surface area contributed by atoms with E-state index in [4.69, 9.17) is 4.74 Å². The summed E-state index contributed by atoms with van der Waals surface area (Å²) in [4.78, 5) is 24.7. The highest BCUT2D eigenvalue weighted by Gasteiger charge is 2.35. The first-order chi connectivity index (χ1) is 8.22.